The van der Waals surface area contributed by atoms with Crippen molar-refractivity contribution < 1.29 is 19.1 Å². The quantitative estimate of drug-likeness (QED) is 0.547. The summed E-state index contributed by atoms with van der Waals surface area (Å²) in [5.74, 6) is 0.715. The van der Waals surface area contributed by atoms with Crippen LogP contribution in [0.25, 0.3) is 5.57 Å². The number of hydrogen-bond acceptors (Lipinski definition) is 4. The molecule has 3 rings (SSSR count). The van der Waals surface area contributed by atoms with Crippen LogP contribution in [0.5, 0.6) is 0 Å². The molecule has 2 atom stereocenters. The van der Waals surface area contributed by atoms with Crippen molar-refractivity contribution in [1.82, 2.24) is 0 Å². The zero-order valence-electron chi connectivity index (χ0n) is 16.4. The number of allylic oxidation sites excluding steroid dienone is 2. The van der Waals surface area contributed by atoms with E-state index in [-0.39, 0.29) is 23.5 Å². The van der Waals surface area contributed by atoms with Gasteiger partial charge in [0.25, 0.3) is 0 Å². The van der Waals surface area contributed by atoms with Gasteiger partial charge in [-0.15, -0.1) is 0 Å². The summed E-state index contributed by atoms with van der Waals surface area (Å²) in [7, 11) is 0. The van der Waals surface area contributed by atoms with Gasteiger partial charge in [0.2, 0.25) is 0 Å². The van der Waals surface area contributed by atoms with Crippen LogP contribution in [0.4, 0.5) is 4.79 Å². The highest BCUT2D eigenvalue weighted by atomic mass is 79.9. The molecule has 0 bridgehead atoms. The molecule has 2 unspecified atom stereocenters. The number of carbonyl (C=O) groups is 2. The molecule has 0 amide bonds. The van der Waals surface area contributed by atoms with E-state index in [1.165, 1.54) is 0 Å². The highest BCUT2D eigenvalue weighted by molar-refractivity contribution is 9.10. The molecule has 4 nitrogen and oxygen atoms in total. The zero-order valence-corrected chi connectivity index (χ0v) is 18.0. The number of hydrogen-bond donors (Lipinski definition) is 0. The fourth-order valence-electron chi connectivity index (χ4n) is 4.21. The number of aryl methyl sites for hydroxylation is 2. The van der Waals surface area contributed by atoms with Gasteiger partial charge in [-0.1, -0.05) is 48.7 Å². The molecule has 1 saturated carbocycles. The van der Waals surface area contributed by atoms with Crippen LogP contribution < -0.4 is 0 Å². The molecule has 1 aromatic carbocycles. The zero-order chi connectivity index (χ0) is 19.7. The largest absolute Gasteiger partial charge is 0.513 e. The molecule has 2 aliphatic rings. The smallest absolute Gasteiger partial charge is 0.434 e. The lowest BCUT2D eigenvalue weighted by atomic mass is 9.80. The van der Waals surface area contributed by atoms with Crippen molar-refractivity contribution in [1.29, 1.82) is 0 Å². The number of fused-ring (bicyclic) bond motifs is 1. The van der Waals surface area contributed by atoms with Crippen molar-refractivity contribution in [2.75, 3.05) is 6.61 Å². The Morgan fingerprint density at radius 1 is 1.19 bits per heavy atom. The van der Waals surface area contributed by atoms with Crippen molar-refractivity contribution in [3.05, 3.63) is 39.1 Å². The number of rotatable bonds is 4. The Morgan fingerprint density at radius 3 is 2.48 bits per heavy atom. The third-order valence-electron chi connectivity index (χ3n) is 5.34. The van der Waals surface area contributed by atoms with E-state index in [0.717, 1.165) is 46.8 Å². The number of halogens is 1. The van der Waals surface area contributed by atoms with Gasteiger partial charge in [-0.3, -0.25) is 4.79 Å². The summed E-state index contributed by atoms with van der Waals surface area (Å²) in [5, 5.41) is 0. The van der Waals surface area contributed by atoms with Crippen LogP contribution in [-0.4, -0.2) is 18.5 Å². The van der Waals surface area contributed by atoms with Crippen LogP contribution in [-0.2, 0) is 14.3 Å². The molecule has 0 radical (unpaired) electrons. The van der Waals surface area contributed by atoms with Crippen molar-refractivity contribution in [3.63, 3.8) is 0 Å². The van der Waals surface area contributed by atoms with Gasteiger partial charge in [0, 0.05) is 21.9 Å². The normalized spacial score (nSPS) is 22.2. The van der Waals surface area contributed by atoms with Crippen LogP contribution in [0.15, 0.2) is 22.4 Å². The first-order valence-electron chi connectivity index (χ1n) is 9.69. The minimum Gasteiger partial charge on any atom is -0.434 e. The number of ether oxygens (including phenoxy) is 2. The third kappa shape index (κ3) is 4.13. The van der Waals surface area contributed by atoms with E-state index in [4.69, 9.17) is 9.47 Å². The Bertz CT molecular complexity index is 770. The van der Waals surface area contributed by atoms with E-state index >= 15 is 0 Å². The first-order chi connectivity index (χ1) is 12.8. The second-order valence-electron chi connectivity index (χ2n) is 8.10. The lowest BCUT2D eigenvalue weighted by Gasteiger charge is -2.25. The van der Waals surface area contributed by atoms with Crippen molar-refractivity contribution >= 4 is 33.4 Å². The van der Waals surface area contributed by atoms with Gasteiger partial charge < -0.3 is 9.47 Å². The fraction of sp³-hybridized carbons (Fsp3) is 0.545. The monoisotopic (exact) mass is 434 g/mol. The van der Waals surface area contributed by atoms with Gasteiger partial charge in [0.15, 0.2) is 5.78 Å². The Morgan fingerprint density at radius 2 is 1.85 bits per heavy atom. The second kappa shape index (κ2) is 8.17. The first kappa shape index (κ1) is 20.1. The topological polar surface area (TPSA) is 52.6 Å². The number of carbonyl (C=O) groups excluding carboxylic acids is 2. The molecule has 146 valence electrons. The SMILES string of the molecule is Cc1cc(C)c(C2=C(OC(=O)OCC(C)C)C3CCCCC3C2=O)c(Br)c1. The van der Waals surface area contributed by atoms with Crippen LogP contribution in [0.3, 0.4) is 0 Å². The molecule has 1 aromatic rings. The van der Waals surface area contributed by atoms with Gasteiger partial charge in [-0.25, -0.2) is 4.79 Å². The molecule has 27 heavy (non-hydrogen) atoms. The number of Topliss-reactive ketones (excluding diaryl/α,β-unsaturated/α-hetero) is 1. The predicted octanol–water partition coefficient (Wildman–Crippen LogP) is 5.98. The minimum atomic E-state index is -0.712. The summed E-state index contributed by atoms with van der Waals surface area (Å²) in [6, 6.07) is 4.05. The highest BCUT2D eigenvalue weighted by Crippen LogP contribution is 2.49. The lowest BCUT2D eigenvalue weighted by Crippen LogP contribution is -2.23. The van der Waals surface area contributed by atoms with E-state index in [1.807, 2.05) is 33.8 Å². The molecule has 0 saturated heterocycles. The maximum atomic E-state index is 13.3. The van der Waals surface area contributed by atoms with Crippen molar-refractivity contribution in [2.24, 2.45) is 17.8 Å². The summed E-state index contributed by atoms with van der Waals surface area (Å²) in [6.45, 7) is 8.26. The molecular weight excluding hydrogens is 408 g/mol. The Balaban J connectivity index is 2.04. The van der Waals surface area contributed by atoms with E-state index in [0.29, 0.717) is 17.9 Å². The summed E-state index contributed by atoms with van der Waals surface area (Å²) >= 11 is 3.62. The van der Waals surface area contributed by atoms with E-state index < -0.39 is 6.16 Å². The maximum absolute atomic E-state index is 13.3. The molecule has 0 aromatic heterocycles. The molecule has 5 heteroatoms. The van der Waals surface area contributed by atoms with Crippen molar-refractivity contribution in [3.8, 4) is 0 Å². The molecule has 0 spiro atoms. The van der Waals surface area contributed by atoms with Crippen LogP contribution in [0.1, 0.15) is 56.2 Å². The molecule has 1 fully saturated rings. The van der Waals surface area contributed by atoms with Crippen LogP contribution in [0.2, 0.25) is 0 Å². The fourth-order valence-corrected chi connectivity index (χ4v) is 5.08. The summed E-state index contributed by atoms with van der Waals surface area (Å²) in [6.07, 6.45) is 3.10. The van der Waals surface area contributed by atoms with Gasteiger partial charge in [-0.05, 0) is 49.8 Å². The molecule has 0 N–H and O–H groups in total. The third-order valence-corrected chi connectivity index (χ3v) is 5.97. The summed E-state index contributed by atoms with van der Waals surface area (Å²) < 4.78 is 11.8. The highest BCUT2D eigenvalue weighted by Gasteiger charge is 2.46. The van der Waals surface area contributed by atoms with Gasteiger partial charge in [0.1, 0.15) is 5.76 Å². The average Bonchev–Trinajstić information content (AvgIpc) is 2.86. The number of ketones is 1. The summed E-state index contributed by atoms with van der Waals surface area (Å²) in [4.78, 5) is 25.6. The van der Waals surface area contributed by atoms with E-state index in [2.05, 4.69) is 22.0 Å². The minimum absolute atomic E-state index is 0.0274. The van der Waals surface area contributed by atoms with Gasteiger partial charge in [0.05, 0.1) is 12.2 Å². The Kier molecular flexibility index (Phi) is 6.09. The second-order valence-corrected chi connectivity index (χ2v) is 8.95. The Labute approximate surface area is 169 Å². The average molecular weight is 435 g/mol. The van der Waals surface area contributed by atoms with E-state index in [9.17, 15) is 9.59 Å². The molecule has 0 aliphatic heterocycles. The lowest BCUT2D eigenvalue weighted by molar-refractivity contribution is -0.118. The Hall–Kier alpha value is -1.62. The van der Waals surface area contributed by atoms with Crippen LogP contribution in [0, 0.1) is 31.6 Å². The first-order valence-corrected chi connectivity index (χ1v) is 10.5. The molecule has 0 heterocycles. The standard InChI is InChI=1S/C22H27BrO4/c1-12(2)11-26-22(25)27-21-16-8-6-5-7-15(16)20(24)19(21)18-14(4)9-13(3)10-17(18)23/h9-10,12,15-16H,5-8,11H2,1-4H3. The predicted molar refractivity (Wildman–Crippen MR) is 108 cm³/mol. The molecular formula is C22H27BrO4. The van der Waals surface area contributed by atoms with Gasteiger partial charge in [-0.2, -0.15) is 0 Å². The van der Waals surface area contributed by atoms with Crippen molar-refractivity contribution in [2.45, 2.75) is 53.4 Å². The van der Waals surface area contributed by atoms with Gasteiger partial charge >= 0.3 is 6.16 Å². The molecule has 2 aliphatic carbocycles. The maximum Gasteiger partial charge on any atom is 0.513 e. The number of benzene rings is 1. The summed E-state index contributed by atoms with van der Waals surface area (Å²) in [5.41, 5.74) is 3.51. The van der Waals surface area contributed by atoms with Crippen LogP contribution >= 0.6 is 15.9 Å². The van der Waals surface area contributed by atoms with E-state index in [1.54, 1.807) is 0 Å².